The minimum atomic E-state index is -0.658. The van der Waals surface area contributed by atoms with E-state index in [-0.39, 0.29) is 11.8 Å². The van der Waals surface area contributed by atoms with Crippen molar-refractivity contribution in [2.75, 3.05) is 5.32 Å². The molecule has 1 aromatic heterocycles. The summed E-state index contributed by atoms with van der Waals surface area (Å²) in [6.45, 7) is 7.29. The number of aryl methyl sites for hydroxylation is 1. The molecule has 2 rings (SSSR count). The summed E-state index contributed by atoms with van der Waals surface area (Å²) in [6, 6.07) is 7.18. The smallest absolute Gasteiger partial charge is 0.261 e. The number of aromatic nitrogens is 1. The lowest BCUT2D eigenvalue weighted by Gasteiger charge is -2.13. The lowest BCUT2D eigenvalue weighted by atomic mass is 10.0. The zero-order chi connectivity index (χ0) is 15.6. The topological polar surface area (TPSA) is 75.4 Å². The van der Waals surface area contributed by atoms with Crippen molar-refractivity contribution in [3.05, 3.63) is 46.8 Å². The molecule has 1 unspecified atom stereocenters. The van der Waals surface area contributed by atoms with E-state index < -0.39 is 6.10 Å². The highest BCUT2D eigenvalue weighted by molar-refractivity contribution is 6.06. The van der Waals surface area contributed by atoms with Gasteiger partial charge in [0.15, 0.2) is 5.76 Å². The second kappa shape index (κ2) is 6.10. The van der Waals surface area contributed by atoms with E-state index in [0.717, 1.165) is 0 Å². The number of benzene rings is 1. The van der Waals surface area contributed by atoms with Gasteiger partial charge in [-0.15, -0.1) is 0 Å². The van der Waals surface area contributed by atoms with E-state index >= 15 is 0 Å². The zero-order valence-electron chi connectivity index (χ0n) is 12.7. The van der Waals surface area contributed by atoms with E-state index in [2.05, 4.69) is 10.5 Å². The molecular formula is C16H20N2O3. The van der Waals surface area contributed by atoms with Crippen molar-refractivity contribution in [1.29, 1.82) is 0 Å². The summed E-state index contributed by atoms with van der Waals surface area (Å²) in [6.07, 6.45) is -0.658. The minimum Gasteiger partial charge on any atom is -0.389 e. The van der Waals surface area contributed by atoms with E-state index in [1.165, 1.54) is 0 Å². The molecule has 0 aliphatic rings. The lowest BCUT2D eigenvalue weighted by molar-refractivity contribution is 0.102. The van der Waals surface area contributed by atoms with Crippen molar-refractivity contribution < 1.29 is 14.4 Å². The van der Waals surface area contributed by atoms with Crippen LogP contribution in [0.15, 0.2) is 28.8 Å². The molecule has 2 aromatic rings. The van der Waals surface area contributed by atoms with Crippen LogP contribution in [0.5, 0.6) is 0 Å². The molecule has 1 atom stereocenters. The summed E-state index contributed by atoms with van der Waals surface area (Å²) in [4.78, 5) is 12.5. The third kappa shape index (κ3) is 3.13. The van der Waals surface area contributed by atoms with E-state index in [1.54, 1.807) is 26.0 Å². The predicted molar refractivity (Wildman–Crippen MR) is 80.4 cm³/mol. The van der Waals surface area contributed by atoms with Gasteiger partial charge in [-0.05, 0) is 19.9 Å². The van der Waals surface area contributed by atoms with Gasteiger partial charge in [0, 0.05) is 17.2 Å². The molecule has 0 spiro atoms. The van der Waals surface area contributed by atoms with E-state index in [0.29, 0.717) is 28.3 Å². The van der Waals surface area contributed by atoms with Crippen molar-refractivity contribution in [2.45, 2.75) is 39.7 Å². The van der Waals surface area contributed by atoms with Gasteiger partial charge >= 0.3 is 0 Å². The van der Waals surface area contributed by atoms with Gasteiger partial charge in [0.2, 0.25) is 0 Å². The molecule has 0 fully saturated rings. The van der Waals surface area contributed by atoms with E-state index in [1.807, 2.05) is 26.0 Å². The molecule has 21 heavy (non-hydrogen) atoms. The Morgan fingerprint density at radius 2 is 1.95 bits per heavy atom. The fourth-order valence-corrected chi connectivity index (χ4v) is 2.22. The molecule has 0 saturated carbocycles. The van der Waals surface area contributed by atoms with Gasteiger partial charge in [0.05, 0.1) is 11.8 Å². The number of amides is 1. The number of carbonyl (C=O) groups is 1. The van der Waals surface area contributed by atoms with E-state index in [4.69, 9.17) is 4.52 Å². The average molecular weight is 288 g/mol. The SMILES string of the molecule is Cc1noc(C(C)C)c1C(=O)Nc1ccccc1C(C)O. The second-order valence-corrected chi connectivity index (χ2v) is 5.38. The first-order valence-corrected chi connectivity index (χ1v) is 6.96. The fourth-order valence-electron chi connectivity index (χ4n) is 2.22. The molecule has 0 aliphatic carbocycles. The van der Waals surface area contributed by atoms with Crippen LogP contribution < -0.4 is 5.32 Å². The summed E-state index contributed by atoms with van der Waals surface area (Å²) in [7, 11) is 0. The van der Waals surface area contributed by atoms with Gasteiger partial charge < -0.3 is 14.9 Å². The van der Waals surface area contributed by atoms with E-state index in [9.17, 15) is 9.90 Å². The third-order valence-electron chi connectivity index (χ3n) is 3.30. The van der Waals surface area contributed by atoms with Gasteiger partial charge in [-0.2, -0.15) is 0 Å². The Kier molecular flexibility index (Phi) is 4.43. The predicted octanol–water partition coefficient (Wildman–Crippen LogP) is 3.41. The monoisotopic (exact) mass is 288 g/mol. The normalized spacial score (nSPS) is 12.5. The maximum absolute atomic E-state index is 12.5. The molecule has 1 amide bonds. The van der Waals surface area contributed by atoms with Crippen LogP contribution in [-0.2, 0) is 0 Å². The Balaban J connectivity index is 2.33. The van der Waals surface area contributed by atoms with Crippen LogP contribution in [0.1, 0.15) is 60.2 Å². The quantitative estimate of drug-likeness (QED) is 0.904. The van der Waals surface area contributed by atoms with Gasteiger partial charge in [0.1, 0.15) is 5.56 Å². The molecule has 112 valence electrons. The zero-order valence-corrected chi connectivity index (χ0v) is 12.7. The number of hydrogen-bond donors (Lipinski definition) is 2. The Hall–Kier alpha value is -2.14. The van der Waals surface area contributed by atoms with Crippen molar-refractivity contribution in [1.82, 2.24) is 5.16 Å². The van der Waals surface area contributed by atoms with Gasteiger partial charge in [-0.25, -0.2) is 0 Å². The van der Waals surface area contributed by atoms with Gasteiger partial charge in [-0.1, -0.05) is 37.2 Å². The van der Waals surface area contributed by atoms with Crippen molar-refractivity contribution in [3.8, 4) is 0 Å². The van der Waals surface area contributed by atoms with Gasteiger partial charge in [-0.3, -0.25) is 4.79 Å². The largest absolute Gasteiger partial charge is 0.389 e. The van der Waals surface area contributed by atoms with Crippen LogP contribution in [-0.4, -0.2) is 16.2 Å². The molecule has 0 radical (unpaired) electrons. The molecule has 0 aliphatic heterocycles. The highest BCUT2D eigenvalue weighted by atomic mass is 16.5. The summed E-state index contributed by atoms with van der Waals surface area (Å²) in [5.41, 5.74) is 2.29. The first-order valence-electron chi connectivity index (χ1n) is 6.96. The van der Waals surface area contributed by atoms with Crippen LogP contribution in [0.2, 0.25) is 0 Å². The molecule has 0 saturated heterocycles. The molecule has 1 aromatic carbocycles. The van der Waals surface area contributed by atoms with Crippen molar-refractivity contribution >= 4 is 11.6 Å². The molecule has 5 nitrogen and oxygen atoms in total. The Morgan fingerprint density at radius 1 is 1.29 bits per heavy atom. The Labute approximate surface area is 124 Å². The van der Waals surface area contributed by atoms with Crippen LogP contribution in [0.3, 0.4) is 0 Å². The molecule has 2 N–H and O–H groups in total. The highest BCUT2D eigenvalue weighted by Crippen LogP contribution is 2.26. The summed E-state index contributed by atoms with van der Waals surface area (Å²) in [5.74, 6) is 0.365. The maximum Gasteiger partial charge on any atom is 0.261 e. The minimum absolute atomic E-state index is 0.0685. The van der Waals surface area contributed by atoms with Crippen molar-refractivity contribution in [2.24, 2.45) is 0 Å². The molecular weight excluding hydrogens is 268 g/mol. The number of carbonyl (C=O) groups excluding carboxylic acids is 1. The van der Waals surface area contributed by atoms with Crippen LogP contribution in [0, 0.1) is 6.92 Å². The first kappa shape index (κ1) is 15.3. The van der Waals surface area contributed by atoms with Crippen LogP contribution in [0.4, 0.5) is 5.69 Å². The number of hydrogen-bond acceptors (Lipinski definition) is 4. The Morgan fingerprint density at radius 3 is 2.57 bits per heavy atom. The first-order chi connectivity index (χ1) is 9.91. The number of aliphatic hydroxyl groups is 1. The number of para-hydroxylation sites is 1. The van der Waals surface area contributed by atoms with Crippen LogP contribution >= 0.6 is 0 Å². The number of nitrogens with zero attached hydrogens (tertiary/aromatic N) is 1. The molecule has 1 heterocycles. The standard InChI is InChI=1S/C16H20N2O3/c1-9(2)15-14(10(3)18-21-15)16(20)17-13-8-6-5-7-12(13)11(4)19/h5-9,11,19H,1-4H3,(H,17,20). The maximum atomic E-state index is 12.5. The summed E-state index contributed by atoms with van der Waals surface area (Å²) in [5, 5.41) is 16.5. The Bertz CT molecular complexity index is 645. The van der Waals surface area contributed by atoms with Gasteiger partial charge in [0.25, 0.3) is 5.91 Å². The van der Waals surface area contributed by atoms with Crippen molar-refractivity contribution in [3.63, 3.8) is 0 Å². The number of rotatable bonds is 4. The second-order valence-electron chi connectivity index (χ2n) is 5.38. The molecule has 5 heteroatoms. The number of anilines is 1. The summed E-state index contributed by atoms with van der Waals surface area (Å²) < 4.78 is 5.23. The van der Waals surface area contributed by atoms with Crippen LogP contribution in [0.25, 0.3) is 0 Å². The average Bonchev–Trinajstić information content (AvgIpc) is 2.81. The lowest BCUT2D eigenvalue weighted by Crippen LogP contribution is -2.16. The fraction of sp³-hybridized carbons (Fsp3) is 0.375. The third-order valence-corrected chi connectivity index (χ3v) is 3.30. The summed E-state index contributed by atoms with van der Waals surface area (Å²) >= 11 is 0. The highest BCUT2D eigenvalue weighted by Gasteiger charge is 2.23. The molecule has 0 bridgehead atoms. The number of nitrogens with one attached hydrogen (secondary N) is 1. The number of aliphatic hydroxyl groups excluding tert-OH is 1.